The summed E-state index contributed by atoms with van der Waals surface area (Å²) in [5.74, 6) is 0.539. The van der Waals surface area contributed by atoms with Crippen LogP contribution in [0.3, 0.4) is 0 Å². The summed E-state index contributed by atoms with van der Waals surface area (Å²) in [5, 5.41) is -0.206. The van der Waals surface area contributed by atoms with Gasteiger partial charge in [-0.25, -0.2) is 0 Å². The van der Waals surface area contributed by atoms with Crippen LogP contribution in [0.4, 0.5) is 4.79 Å². The van der Waals surface area contributed by atoms with E-state index in [1.54, 1.807) is 20.1 Å². The molecule has 0 saturated carbocycles. The Hall–Kier alpha value is -1.75. The summed E-state index contributed by atoms with van der Waals surface area (Å²) in [4.78, 5) is 25.1. The number of likely N-dealkylation sites (N-methyl/N-ethyl adjacent to an activating group) is 1. The second-order valence-corrected chi connectivity index (χ2v) is 4.69. The van der Waals surface area contributed by atoms with Crippen molar-refractivity contribution in [1.29, 1.82) is 0 Å². The molecule has 0 aliphatic carbocycles. The van der Waals surface area contributed by atoms with Crippen LogP contribution in [-0.2, 0) is 4.79 Å². The maximum absolute atomic E-state index is 11.9. The normalized spacial score (nSPS) is 17.7. The number of ether oxygens (including phenoxy) is 1. The SMILES string of the molecule is CCN1C(=O)S/C(=C/c2ccc(OC)cc2)C1=O. The third-order valence-corrected chi connectivity index (χ3v) is 3.51. The molecular weight excluding hydrogens is 250 g/mol. The Morgan fingerprint density at radius 1 is 1.28 bits per heavy atom. The first-order chi connectivity index (χ1) is 8.65. The Kier molecular flexibility index (Phi) is 3.72. The summed E-state index contributed by atoms with van der Waals surface area (Å²) in [6, 6.07) is 7.32. The van der Waals surface area contributed by atoms with Crippen molar-refractivity contribution < 1.29 is 14.3 Å². The molecule has 0 aromatic heterocycles. The lowest BCUT2D eigenvalue weighted by atomic mass is 10.2. The number of hydrogen-bond donors (Lipinski definition) is 0. The van der Waals surface area contributed by atoms with Crippen molar-refractivity contribution in [3.05, 3.63) is 34.7 Å². The predicted octanol–water partition coefficient (Wildman–Crippen LogP) is 2.75. The topological polar surface area (TPSA) is 46.6 Å². The van der Waals surface area contributed by atoms with Crippen LogP contribution in [0.25, 0.3) is 6.08 Å². The summed E-state index contributed by atoms with van der Waals surface area (Å²) in [6.07, 6.45) is 1.72. The van der Waals surface area contributed by atoms with Crippen LogP contribution >= 0.6 is 11.8 Å². The van der Waals surface area contributed by atoms with Gasteiger partial charge < -0.3 is 4.74 Å². The molecule has 1 heterocycles. The van der Waals surface area contributed by atoms with Crippen LogP contribution in [0.5, 0.6) is 5.75 Å². The van der Waals surface area contributed by atoms with Gasteiger partial charge in [0.1, 0.15) is 5.75 Å². The summed E-state index contributed by atoms with van der Waals surface area (Å²) in [7, 11) is 1.60. The molecule has 0 unspecified atom stereocenters. The molecule has 1 aliphatic heterocycles. The second kappa shape index (κ2) is 5.27. The van der Waals surface area contributed by atoms with E-state index in [2.05, 4.69) is 0 Å². The highest BCUT2D eigenvalue weighted by molar-refractivity contribution is 8.18. The van der Waals surface area contributed by atoms with Gasteiger partial charge in [0, 0.05) is 6.54 Å². The zero-order chi connectivity index (χ0) is 13.1. The van der Waals surface area contributed by atoms with Crippen LogP contribution in [0.1, 0.15) is 12.5 Å². The minimum atomic E-state index is -0.219. The van der Waals surface area contributed by atoms with Crippen molar-refractivity contribution >= 4 is 29.0 Å². The fraction of sp³-hybridized carbons (Fsp3) is 0.231. The molecule has 4 nitrogen and oxygen atoms in total. The number of thioether (sulfide) groups is 1. The number of nitrogens with zero attached hydrogens (tertiary/aromatic N) is 1. The number of amides is 2. The largest absolute Gasteiger partial charge is 0.497 e. The van der Waals surface area contributed by atoms with Crippen molar-refractivity contribution in [2.24, 2.45) is 0 Å². The lowest BCUT2D eigenvalue weighted by Crippen LogP contribution is -2.27. The molecule has 1 aliphatic rings. The van der Waals surface area contributed by atoms with Crippen LogP contribution in [0, 0.1) is 0 Å². The minimum Gasteiger partial charge on any atom is -0.497 e. The Morgan fingerprint density at radius 3 is 2.44 bits per heavy atom. The van der Waals surface area contributed by atoms with E-state index < -0.39 is 0 Å². The molecule has 5 heteroatoms. The second-order valence-electron chi connectivity index (χ2n) is 3.70. The number of rotatable bonds is 3. The van der Waals surface area contributed by atoms with Gasteiger partial charge >= 0.3 is 0 Å². The molecule has 0 bridgehead atoms. The van der Waals surface area contributed by atoms with Gasteiger partial charge in [0.25, 0.3) is 11.1 Å². The standard InChI is InChI=1S/C13H13NO3S/c1-3-14-12(15)11(18-13(14)16)8-9-4-6-10(17-2)7-5-9/h4-8H,3H2,1-2H3/b11-8+. The highest BCUT2D eigenvalue weighted by atomic mass is 32.2. The fourth-order valence-corrected chi connectivity index (χ4v) is 2.53. The molecule has 1 saturated heterocycles. The van der Waals surface area contributed by atoms with Crippen molar-refractivity contribution in [1.82, 2.24) is 4.90 Å². The molecule has 1 aromatic carbocycles. The zero-order valence-electron chi connectivity index (χ0n) is 10.2. The van der Waals surface area contributed by atoms with Crippen molar-refractivity contribution in [2.45, 2.75) is 6.92 Å². The van der Waals surface area contributed by atoms with E-state index in [0.29, 0.717) is 11.4 Å². The fourth-order valence-electron chi connectivity index (χ4n) is 1.62. The van der Waals surface area contributed by atoms with Crippen LogP contribution < -0.4 is 4.74 Å². The molecule has 2 amide bonds. The van der Waals surface area contributed by atoms with Crippen LogP contribution in [-0.4, -0.2) is 29.7 Å². The zero-order valence-corrected chi connectivity index (χ0v) is 11.0. The minimum absolute atomic E-state index is 0.206. The molecule has 0 radical (unpaired) electrons. The summed E-state index contributed by atoms with van der Waals surface area (Å²) in [6.45, 7) is 2.19. The third-order valence-electron chi connectivity index (χ3n) is 2.60. The van der Waals surface area contributed by atoms with E-state index in [1.807, 2.05) is 24.3 Å². The maximum Gasteiger partial charge on any atom is 0.293 e. The van der Waals surface area contributed by atoms with Crippen molar-refractivity contribution in [3.8, 4) is 5.75 Å². The first-order valence-electron chi connectivity index (χ1n) is 5.55. The van der Waals surface area contributed by atoms with Crippen LogP contribution in [0.2, 0.25) is 0 Å². The number of carbonyl (C=O) groups is 2. The molecule has 94 valence electrons. The average Bonchev–Trinajstić information content (AvgIpc) is 2.65. The number of methoxy groups -OCH3 is 1. The Morgan fingerprint density at radius 2 is 1.94 bits per heavy atom. The average molecular weight is 263 g/mol. The van der Waals surface area contributed by atoms with E-state index >= 15 is 0 Å². The van der Waals surface area contributed by atoms with E-state index in [0.717, 1.165) is 23.1 Å². The molecule has 2 rings (SSSR count). The van der Waals surface area contributed by atoms with E-state index in [-0.39, 0.29) is 11.1 Å². The summed E-state index contributed by atoms with van der Waals surface area (Å²) in [5.41, 5.74) is 0.873. The number of carbonyl (C=O) groups excluding carboxylic acids is 2. The van der Waals surface area contributed by atoms with Crippen molar-refractivity contribution in [2.75, 3.05) is 13.7 Å². The van der Waals surface area contributed by atoms with Gasteiger partial charge in [-0.1, -0.05) is 12.1 Å². The van der Waals surface area contributed by atoms with E-state index in [1.165, 1.54) is 4.90 Å². The Labute approximate surface area is 110 Å². The van der Waals surface area contributed by atoms with Gasteiger partial charge in [-0.2, -0.15) is 0 Å². The summed E-state index contributed by atoms with van der Waals surface area (Å²) >= 11 is 0.978. The highest BCUT2D eigenvalue weighted by Gasteiger charge is 2.33. The van der Waals surface area contributed by atoms with Gasteiger partial charge in [0.2, 0.25) is 0 Å². The molecule has 1 fully saturated rings. The Balaban J connectivity index is 2.23. The molecule has 0 N–H and O–H groups in total. The molecule has 0 spiro atoms. The highest BCUT2D eigenvalue weighted by Crippen LogP contribution is 2.32. The Bertz CT molecular complexity index is 507. The van der Waals surface area contributed by atoms with Gasteiger partial charge in [0.15, 0.2) is 0 Å². The number of hydrogen-bond acceptors (Lipinski definition) is 4. The van der Waals surface area contributed by atoms with Gasteiger partial charge in [-0.15, -0.1) is 0 Å². The summed E-state index contributed by atoms with van der Waals surface area (Å²) < 4.78 is 5.06. The molecule has 1 aromatic rings. The third kappa shape index (κ3) is 2.41. The van der Waals surface area contributed by atoms with Gasteiger partial charge in [-0.05, 0) is 42.5 Å². The number of benzene rings is 1. The smallest absolute Gasteiger partial charge is 0.293 e. The lowest BCUT2D eigenvalue weighted by Gasteiger charge is -2.06. The van der Waals surface area contributed by atoms with Crippen molar-refractivity contribution in [3.63, 3.8) is 0 Å². The molecular formula is C13H13NO3S. The maximum atomic E-state index is 11.9. The predicted molar refractivity (Wildman–Crippen MR) is 71.3 cm³/mol. The van der Waals surface area contributed by atoms with Crippen LogP contribution in [0.15, 0.2) is 29.2 Å². The van der Waals surface area contributed by atoms with E-state index in [9.17, 15) is 9.59 Å². The molecule has 0 atom stereocenters. The number of imide groups is 1. The first-order valence-corrected chi connectivity index (χ1v) is 6.36. The quantitative estimate of drug-likeness (QED) is 0.787. The molecule has 18 heavy (non-hydrogen) atoms. The lowest BCUT2D eigenvalue weighted by molar-refractivity contribution is -0.122. The monoisotopic (exact) mass is 263 g/mol. The first kappa shape index (κ1) is 12.7. The van der Waals surface area contributed by atoms with Gasteiger partial charge in [-0.3, -0.25) is 14.5 Å². The van der Waals surface area contributed by atoms with Gasteiger partial charge in [0.05, 0.1) is 12.0 Å². The van der Waals surface area contributed by atoms with E-state index in [4.69, 9.17) is 4.74 Å².